The van der Waals surface area contributed by atoms with Gasteiger partial charge in [0.15, 0.2) is 0 Å². The molecule has 0 saturated heterocycles. The van der Waals surface area contributed by atoms with E-state index in [1.54, 1.807) is 7.11 Å². The molecule has 0 aliphatic carbocycles. The van der Waals surface area contributed by atoms with Gasteiger partial charge in [0.05, 0.1) is 12.7 Å². The normalized spacial score (nSPS) is 15.4. The molecular weight excluding hydrogens is 176 g/mol. The molecule has 0 saturated carbocycles. The van der Waals surface area contributed by atoms with Gasteiger partial charge in [0, 0.05) is 7.11 Å². The Balaban J connectivity index is 3.19. The summed E-state index contributed by atoms with van der Waals surface area (Å²) in [7, 11) is 1.63. The molecule has 86 valence electrons. The van der Waals surface area contributed by atoms with Gasteiger partial charge in [-0.25, -0.2) is 0 Å². The van der Waals surface area contributed by atoms with Crippen molar-refractivity contribution in [3.63, 3.8) is 0 Å². The summed E-state index contributed by atoms with van der Waals surface area (Å²) in [6.07, 6.45) is 6.90. The third-order valence-corrected chi connectivity index (χ3v) is 2.62. The minimum Gasteiger partial charge on any atom is -0.391 e. The van der Waals surface area contributed by atoms with Crippen LogP contribution in [0.5, 0.6) is 0 Å². The SMILES string of the molecule is CCCC(C)CCCCC(O)COC. The van der Waals surface area contributed by atoms with Gasteiger partial charge in [0.2, 0.25) is 0 Å². The van der Waals surface area contributed by atoms with Crippen LogP contribution in [0.3, 0.4) is 0 Å². The number of ether oxygens (including phenoxy) is 1. The minimum atomic E-state index is -0.263. The number of aliphatic hydroxyl groups excluding tert-OH is 1. The van der Waals surface area contributed by atoms with E-state index < -0.39 is 0 Å². The molecule has 0 bridgehead atoms. The Kier molecular flexibility index (Phi) is 9.42. The third kappa shape index (κ3) is 8.52. The van der Waals surface area contributed by atoms with E-state index in [9.17, 15) is 5.11 Å². The number of methoxy groups -OCH3 is 1. The van der Waals surface area contributed by atoms with Crippen LogP contribution in [0.4, 0.5) is 0 Å². The van der Waals surface area contributed by atoms with Crippen molar-refractivity contribution in [1.29, 1.82) is 0 Å². The van der Waals surface area contributed by atoms with Gasteiger partial charge in [-0.05, 0) is 12.3 Å². The van der Waals surface area contributed by atoms with Gasteiger partial charge in [0.1, 0.15) is 0 Å². The fourth-order valence-corrected chi connectivity index (χ4v) is 1.79. The molecule has 0 aliphatic heterocycles. The highest BCUT2D eigenvalue weighted by molar-refractivity contribution is 4.57. The highest BCUT2D eigenvalue weighted by Gasteiger charge is 2.04. The summed E-state index contributed by atoms with van der Waals surface area (Å²) in [5.41, 5.74) is 0. The molecule has 0 heterocycles. The smallest absolute Gasteiger partial charge is 0.0773 e. The Morgan fingerprint density at radius 1 is 1.14 bits per heavy atom. The summed E-state index contributed by atoms with van der Waals surface area (Å²) in [6.45, 7) is 5.03. The molecule has 0 fully saturated rings. The Labute approximate surface area is 88.7 Å². The van der Waals surface area contributed by atoms with Crippen molar-refractivity contribution < 1.29 is 9.84 Å². The van der Waals surface area contributed by atoms with Gasteiger partial charge >= 0.3 is 0 Å². The Morgan fingerprint density at radius 3 is 2.36 bits per heavy atom. The van der Waals surface area contributed by atoms with Gasteiger partial charge in [-0.15, -0.1) is 0 Å². The quantitative estimate of drug-likeness (QED) is 0.582. The maximum absolute atomic E-state index is 9.39. The van der Waals surface area contributed by atoms with Crippen LogP contribution in [0.15, 0.2) is 0 Å². The zero-order chi connectivity index (χ0) is 10.8. The summed E-state index contributed by atoms with van der Waals surface area (Å²) in [5.74, 6) is 0.847. The molecule has 0 aromatic carbocycles. The summed E-state index contributed by atoms with van der Waals surface area (Å²) in [4.78, 5) is 0. The maximum Gasteiger partial charge on any atom is 0.0773 e. The van der Waals surface area contributed by atoms with E-state index in [-0.39, 0.29) is 6.10 Å². The first kappa shape index (κ1) is 13.9. The molecule has 0 aromatic heterocycles. The molecular formula is C12H26O2. The van der Waals surface area contributed by atoms with Gasteiger partial charge < -0.3 is 9.84 Å². The first-order chi connectivity index (χ1) is 6.70. The van der Waals surface area contributed by atoms with Gasteiger partial charge in [-0.3, -0.25) is 0 Å². The Morgan fingerprint density at radius 2 is 1.79 bits per heavy atom. The summed E-state index contributed by atoms with van der Waals surface area (Å²) in [6, 6.07) is 0. The number of unbranched alkanes of at least 4 members (excludes halogenated alkanes) is 1. The molecule has 0 rings (SSSR count). The van der Waals surface area contributed by atoms with Crippen molar-refractivity contribution in [1.82, 2.24) is 0 Å². The number of hydrogen-bond donors (Lipinski definition) is 1. The van der Waals surface area contributed by atoms with Crippen LogP contribution < -0.4 is 0 Å². The van der Waals surface area contributed by atoms with Gasteiger partial charge in [-0.2, -0.15) is 0 Å². The zero-order valence-corrected chi connectivity index (χ0v) is 9.96. The van der Waals surface area contributed by atoms with Crippen LogP contribution >= 0.6 is 0 Å². The lowest BCUT2D eigenvalue weighted by Gasteiger charge is -2.11. The first-order valence-corrected chi connectivity index (χ1v) is 5.87. The lowest BCUT2D eigenvalue weighted by atomic mass is 9.98. The summed E-state index contributed by atoms with van der Waals surface area (Å²) in [5, 5.41) is 9.39. The molecule has 0 aromatic rings. The molecule has 0 aliphatic rings. The van der Waals surface area contributed by atoms with Crippen molar-refractivity contribution >= 4 is 0 Å². The van der Waals surface area contributed by atoms with Crippen molar-refractivity contribution in [2.24, 2.45) is 5.92 Å². The molecule has 2 atom stereocenters. The average molecular weight is 202 g/mol. The van der Waals surface area contributed by atoms with Gasteiger partial charge in [-0.1, -0.05) is 46.0 Å². The standard InChI is InChI=1S/C12H26O2/c1-4-7-11(2)8-5-6-9-12(13)10-14-3/h11-13H,4-10H2,1-3H3. The molecule has 14 heavy (non-hydrogen) atoms. The maximum atomic E-state index is 9.39. The van der Waals surface area contributed by atoms with Crippen molar-refractivity contribution in [2.75, 3.05) is 13.7 Å². The fourth-order valence-electron chi connectivity index (χ4n) is 1.79. The molecule has 0 amide bonds. The molecule has 2 unspecified atom stereocenters. The predicted octanol–water partition coefficient (Wildman–Crippen LogP) is 2.99. The van der Waals surface area contributed by atoms with Crippen LogP contribution in [0, 0.1) is 5.92 Å². The number of rotatable bonds is 9. The van der Waals surface area contributed by atoms with E-state index >= 15 is 0 Å². The van der Waals surface area contributed by atoms with Crippen LogP contribution in [0.2, 0.25) is 0 Å². The second-order valence-corrected chi connectivity index (χ2v) is 4.29. The second-order valence-electron chi connectivity index (χ2n) is 4.29. The Hall–Kier alpha value is -0.0800. The predicted molar refractivity (Wildman–Crippen MR) is 60.4 cm³/mol. The van der Waals surface area contributed by atoms with E-state index in [2.05, 4.69) is 13.8 Å². The topological polar surface area (TPSA) is 29.5 Å². The molecule has 2 nitrogen and oxygen atoms in total. The second kappa shape index (κ2) is 9.47. The van der Waals surface area contributed by atoms with Crippen molar-refractivity contribution in [3.05, 3.63) is 0 Å². The molecule has 0 spiro atoms. The highest BCUT2D eigenvalue weighted by Crippen LogP contribution is 2.15. The lowest BCUT2D eigenvalue weighted by Crippen LogP contribution is -2.13. The largest absolute Gasteiger partial charge is 0.391 e. The zero-order valence-electron chi connectivity index (χ0n) is 9.96. The van der Waals surface area contributed by atoms with E-state index in [1.165, 1.54) is 25.7 Å². The molecule has 2 heteroatoms. The number of hydrogen-bond acceptors (Lipinski definition) is 2. The van der Waals surface area contributed by atoms with E-state index in [0.717, 1.165) is 18.8 Å². The monoisotopic (exact) mass is 202 g/mol. The number of aliphatic hydroxyl groups is 1. The van der Waals surface area contributed by atoms with E-state index in [1.807, 2.05) is 0 Å². The summed E-state index contributed by atoms with van der Waals surface area (Å²) >= 11 is 0. The molecule has 0 radical (unpaired) electrons. The van der Waals surface area contributed by atoms with Crippen LogP contribution in [-0.4, -0.2) is 24.9 Å². The fraction of sp³-hybridized carbons (Fsp3) is 1.00. The van der Waals surface area contributed by atoms with Crippen molar-refractivity contribution in [3.8, 4) is 0 Å². The van der Waals surface area contributed by atoms with Crippen LogP contribution in [0.1, 0.15) is 52.4 Å². The summed E-state index contributed by atoms with van der Waals surface area (Å²) < 4.78 is 4.87. The van der Waals surface area contributed by atoms with Crippen molar-refractivity contribution in [2.45, 2.75) is 58.5 Å². The highest BCUT2D eigenvalue weighted by atomic mass is 16.5. The van der Waals surface area contributed by atoms with Crippen LogP contribution in [-0.2, 0) is 4.74 Å². The average Bonchev–Trinajstić information content (AvgIpc) is 2.13. The van der Waals surface area contributed by atoms with E-state index in [4.69, 9.17) is 4.74 Å². The molecule has 1 N–H and O–H groups in total. The van der Waals surface area contributed by atoms with Crippen LogP contribution in [0.25, 0.3) is 0 Å². The minimum absolute atomic E-state index is 0.263. The third-order valence-electron chi connectivity index (χ3n) is 2.62. The van der Waals surface area contributed by atoms with Gasteiger partial charge in [0.25, 0.3) is 0 Å². The van der Waals surface area contributed by atoms with E-state index in [0.29, 0.717) is 6.61 Å². The Bertz CT molecular complexity index is 101. The first-order valence-electron chi connectivity index (χ1n) is 5.87. The lowest BCUT2D eigenvalue weighted by molar-refractivity contribution is 0.0574.